The maximum Gasteiger partial charge on any atom is 0.219 e. The minimum atomic E-state index is 0.352. The van der Waals surface area contributed by atoms with E-state index in [1.807, 2.05) is 43.3 Å². The van der Waals surface area contributed by atoms with Crippen molar-refractivity contribution in [3.05, 3.63) is 84.6 Å². The molecule has 2 aromatic heterocycles. The molecule has 0 aliphatic rings. The van der Waals surface area contributed by atoms with E-state index in [4.69, 9.17) is 4.74 Å². The maximum atomic E-state index is 9.36. The highest BCUT2D eigenvalue weighted by Crippen LogP contribution is 2.24. The van der Waals surface area contributed by atoms with Crippen molar-refractivity contribution >= 4 is 16.6 Å². The van der Waals surface area contributed by atoms with Crippen molar-refractivity contribution in [1.82, 2.24) is 14.5 Å². The number of oxime groups is 1. The molecular formula is C20H16N4O2. The van der Waals surface area contributed by atoms with Crippen molar-refractivity contribution in [2.45, 2.75) is 6.92 Å². The lowest BCUT2D eigenvalue weighted by atomic mass is 10.1. The van der Waals surface area contributed by atoms with Gasteiger partial charge < -0.3 is 9.94 Å². The van der Waals surface area contributed by atoms with E-state index >= 15 is 0 Å². The van der Waals surface area contributed by atoms with E-state index in [-0.39, 0.29) is 0 Å². The number of hydrogen-bond donors (Lipinski definition) is 1. The third-order valence-corrected chi connectivity index (χ3v) is 4.09. The standard InChI is InChI=1S/C20H16N4O2/c1-14-21-10-11-24(14)20(23-25)17-7-9-19(22-13-17)26-18-8-6-15-4-2-3-5-16(15)12-18/h2-13,25H,1H3/b23-20-. The first-order valence-corrected chi connectivity index (χ1v) is 8.10. The first kappa shape index (κ1) is 15.8. The van der Waals surface area contributed by atoms with Crippen LogP contribution in [0, 0.1) is 6.92 Å². The van der Waals surface area contributed by atoms with Gasteiger partial charge in [0.1, 0.15) is 11.6 Å². The van der Waals surface area contributed by atoms with Gasteiger partial charge >= 0.3 is 0 Å². The van der Waals surface area contributed by atoms with E-state index < -0.39 is 0 Å². The summed E-state index contributed by atoms with van der Waals surface area (Å²) < 4.78 is 7.52. The molecule has 26 heavy (non-hydrogen) atoms. The van der Waals surface area contributed by atoms with Gasteiger partial charge in [0.05, 0.1) is 0 Å². The topological polar surface area (TPSA) is 72.5 Å². The predicted molar refractivity (Wildman–Crippen MR) is 98.9 cm³/mol. The summed E-state index contributed by atoms with van der Waals surface area (Å²) in [6.45, 7) is 1.83. The van der Waals surface area contributed by atoms with E-state index in [2.05, 4.69) is 21.2 Å². The third-order valence-electron chi connectivity index (χ3n) is 4.09. The summed E-state index contributed by atoms with van der Waals surface area (Å²) in [5.74, 6) is 2.24. The number of benzene rings is 2. The molecule has 128 valence electrons. The Morgan fingerprint density at radius 3 is 2.58 bits per heavy atom. The Hall–Kier alpha value is -3.67. The van der Waals surface area contributed by atoms with Gasteiger partial charge in [0.25, 0.3) is 0 Å². The van der Waals surface area contributed by atoms with Crippen molar-refractivity contribution < 1.29 is 9.94 Å². The van der Waals surface area contributed by atoms with Crippen molar-refractivity contribution in [2.24, 2.45) is 5.16 Å². The molecule has 0 bridgehead atoms. The highest BCUT2D eigenvalue weighted by Gasteiger charge is 2.10. The number of fused-ring (bicyclic) bond motifs is 1. The summed E-state index contributed by atoms with van der Waals surface area (Å²) in [6, 6.07) is 17.5. The van der Waals surface area contributed by atoms with Crippen LogP contribution in [-0.2, 0) is 0 Å². The van der Waals surface area contributed by atoms with Gasteiger partial charge in [0.15, 0.2) is 5.84 Å². The Morgan fingerprint density at radius 2 is 1.88 bits per heavy atom. The second kappa shape index (κ2) is 6.68. The second-order valence-corrected chi connectivity index (χ2v) is 5.76. The van der Waals surface area contributed by atoms with Gasteiger partial charge in [-0.2, -0.15) is 0 Å². The molecule has 1 N–H and O–H groups in total. The molecule has 0 unspecified atom stereocenters. The van der Waals surface area contributed by atoms with Crippen LogP contribution in [0.4, 0.5) is 0 Å². The molecule has 0 saturated heterocycles. The molecule has 0 atom stereocenters. The summed E-state index contributed by atoms with van der Waals surface area (Å²) in [6.07, 6.45) is 4.97. The van der Waals surface area contributed by atoms with Gasteiger partial charge in [0.2, 0.25) is 5.88 Å². The van der Waals surface area contributed by atoms with Gasteiger partial charge in [-0.05, 0) is 35.9 Å². The largest absolute Gasteiger partial charge is 0.439 e. The molecule has 0 amide bonds. The van der Waals surface area contributed by atoms with Gasteiger partial charge in [-0.15, -0.1) is 0 Å². The summed E-state index contributed by atoms with van der Waals surface area (Å²) >= 11 is 0. The SMILES string of the molecule is Cc1nccn1/C(=N\O)c1ccc(Oc2ccc3ccccc3c2)nc1. The molecule has 2 heterocycles. The molecular weight excluding hydrogens is 328 g/mol. The third kappa shape index (κ3) is 3.00. The fraction of sp³-hybridized carbons (Fsp3) is 0.0500. The molecule has 2 aromatic carbocycles. The molecule has 6 heteroatoms. The van der Waals surface area contributed by atoms with Crippen LogP contribution in [0.15, 0.2) is 78.3 Å². The summed E-state index contributed by atoms with van der Waals surface area (Å²) in [4.78, 5) is 8.45. The van der Waals surface area contributed by atoms with E-state index in [9.17, 15) is 5.21 Å². The van der Waals surface area contributed by atoms with Crippen LogP contribution in [0.25, 0.3) is 10.8 Å². The monoisotopic (exact) mass is 344 g/mol. The van der Waals surface area contributed by atoms with Crippen LogP contribution >= 0.6 is 0 Å². The smallest absolute Gasteiger partial charge is 0.219 e. The average molecular weight is 344 g/mol. The zero-order valence-electron chi connectivity index (χ0n) is 14.1. The van der Waals surface area contributed by atoms with Gasteiger partial charge in [-0.25, -0.2) is 9.97 Å². The van der Waals surface area contributed by atoms with Crippen LogP contribution in [0.2, 0.25) is 0 Å². The number of hydrogen-bond acceptors (Lipinski definition) is 5. The summed E-state index contributed by atoms with van der Waals surface area (Å²) in [5, 5.41) is 15.0. The number of ether oxygens (including phenoxy) is 1. The normalized spacial score (nSPS) is 11.7. The Labute approximate surface area is 150 Å². The zero-order chi connectivity index (χ0) is 17.9. The fourth-order valence-corrected chi connectivity index (χ4v) is 2.77. The van der Waals surface area contributed by atoms with Crippen LogP contribution < -0.4 is 4.74 Å². The molecule has 4 rings (SSSR count). The van der Waals surface area contributed by atoms with E-state index in [1.165, 1.54) is 0 Å². The molecule has 0 saturated carbocycles. The van der Waals surface area contributed by atoms with Crippen LogP contribution in [0.3, 0.4) is 0 Å². The van der Waals surface area contributed by atoms with Gasteiger partial charge in [0, 0.05) is 30.2 Å². The molecule has 0 radical (unpaired) electrons. The van der Waals surface area contributed by atoms with Crippen LogP contribution in [0.1, 0.15) is 11.4 Å². The number of aryl methyl sites for hydroxylation is 1. The van der Waals surface area contributed by atoms with E-state index in [1.54, 1.807) is 35.3 Å². The molecule has 0 fully saturated rings. The van der Waals surface area contributed by atoms with Crippen molar-refractivity contribution in [3.63, 3.8) is 0 Å². The second-order valence-electron chi connectivity index (χ2n) is 5.76. The summed E-state index contributed by atoms with van der Waals surface area (Å²) in [5.41, 5.74) is 0.652. The molecule has 0 aliphatic heterocycles. The molecule has 6 nitrogen and oxygen atoms in total. The predicted octanol–water partition coefficient (Wildman–Crippen LogP) is 4.22. The Morgan fingerprint density at radius 1 is 1.04 bits per heavy atom. The molecule has 0 spiro atoms. The Bertz CT molecular complexity index is 1080. The lowest BCUT2D eigenvalue weighted by Gasteiger charge is -2.09. The summed E-state index contributed by atoms with van der Waals surface area (Å²) in [7, 11) is 0. The minimum Gasteiger partial charge on any atom is -0.439 e. The van der Waals surface area contributed by atoms with Gasteiger partial charge in [-0.1, -0.05) is 35.5 Å². The quantitative estimate of drug-likeness (QED) is 0.261. The highest BCUT2D eigenvalue weighted by molar-refractivity contribution is 6.00. The number of pyridine rings is 1. The lowest BCUT2D eigenvalue weighted by molar-refractivity contribution is 0.317. The molecule has 0 aliphatic carbocycles. The maximum absolute atomic E-state index is 9.36. The fourth-order valence-electron chi connectivity index (χ4n) is 2.77. The number of nitrogens with zero attached hydrogens (tertiary/aromatic N) is 4. The van der Waals surface area contributed by atoms with Crippen molar-refractivity contribution in [1.29, 1.82) is 0 Å². The number of rotatable bonds is 3. The van der Waals surface area contributed by atoms with Crippen molar-refractivity contribution in [3.8, 4) is 11.6 Å². The Balaban J connectivity index is 1.58. The zero-order valence-corrected chi connectivity index (χ0v) is 14.1. The molecule has 4 aromatic rings. The van der Waals surface area contributed by atoms with E-state index in [0.717, 1.165) is 10.8 Å². The van der Waals surface area contributed by atoms with Crippen LogP contribution in [0.5, 0.6) is 11.6 Å². The average Bonchev–Trinajstić information content (AvgIpc) is 3.09. The number of imidazole rings is 1. The lowest BCUT2D eigenvalue weighted by Crippen LogP contribution is -2.14. The van der Waals surface area contributed by atoms with Crippen molar-refractivity contribution in [2.75, 3.05) is 0 Å². The first-order chi connectivity index (χ1) is 12.7. The minimum absolute atomic E-state index is 0.352. The van der Waals surface area contributed by atoms with E-state index in [0.29, 0.717) is 28.9 Å². The highest BCUT2D eigenvalue weighted by atomic mass is 16.5. The number of aromatic nitrogens is 3. The van der Waals surface area contributed by atoms with Gasteiger partial charge in [-0.3, -0.25) is 4.57 Å². The first-order valence-electron chi connectivity index (χ1n) is 8.10. The van der Waals surface area contributed by atoms with Crippen LogP contribution in [-0.4, -0.2) is 25.6 Å². The Kier molecular flexibility index (Phi) is 4.07.